The maximum absolute atomic E-state index is 11.7. The van der Waals surface area contributed by atoms with E-state index in [9.17, 15) is 9.90 Å². The van der Waals surface area contributed by atoms with Crippen molar-refractivity contribution in [3.8, 4) is 5.75 Å². The number of methoxy groups -OCH3 is 1. The second-order valence-corrected chi connectivity index (χ2v) is 7.64. The van der Waals surface area contributed by atoms with Crippen molar-refractivity contribution in [1.82, 2.24) is 4.98 Å². The van der Waals surface area contributed by atoms with Gasteiger partial charge in [-0.3, -0.25) is 0 Å². The van der Waals surface area contributed by atoms with E-state index in [-0.39, 0.29) is 10.1 Å². The molecular weight excluding hydrogens is 474 g/mol. The molecule has 0 fully saturated rings. The van der Waals surface area contributed by atoms with Gasteiger partial charge >= 0.3 is 5.97 Å². The number of benzene rings is 2. The SMILES string of the molecule is COc1c(Br)cc(Br)cc1/C=C(\Sc1nc2ccccc2o1)C(=O)O. The molecule has 0 spiro atoms. The molecule has 0 bridgehead atoms. The number of carboxylic acid groups (broad SMARTS) is 1. The van der Waals surface area contributed by atoms with Crippen LogP contribution in [0.3, 0.4) is 0 Å². The van der Waals surface area contributed by atoms with Gasteiger partial charge in [0.25, 0.3) is 5.22 Å². The topological polar surface area (TPSA) is 72.6 Å². The number of thioether (sulfide) groups is 1. The smallest absolute Gasteiger partial charge is 0.342 e. The minimum atomic E-state index is -1.08. The number of hydrogen-bond acceptors (Lipinski definition) is 5. The average molecular weight is 485 g/mol. The first kappa shape index (κ1) is 18.0. The molecule has 0 atom stereocenters. The van der Waals surface area contributed by atoms with Crippen molar-refractivity contribution in [2.24, 2.45) is 0 Å². The van der Waals surface area contributed by atoms with Crippen LogP contribution in [0.2, 0.25) is 0 Å². The van der Waals surface area contributed by atoms with Gasteiger partial charge in [0.2, 0.25) is 0 Å². The summed E-state index contributed by atoms with van der Waals surface area (Å²) in [5.74, 6) is -0.537. The lowest BCUT2D eigenvalue weighted by molar-refractivity contribution is -0.131. The second-order valence-electron chi connectivity index (χ2n) is 4.87. The summed E-state index contributed by atoms with van der Waals surface area (Å²) in [4.78, 5) is 16.0. The summed E-state index contributed by atoms with van der Waals surface area (Å²) in [6.07, 6.45) is 1.52. The van der Waals surface area contributed by atoms with E-state index >= 15 is 0 Å². The van der Waals surface area contributed by atoms with Crippen molar-refractivity contribution in [1.29, 1.82) is 0 Å². The number of fused-ring (bicyclic) bond motifs is 1. The van der Waals surface area contributed by atoms with Gasteiger partial charge in [-0.2, -0.15) is 0 Å². The van der Waals surface area contributed by atoms with Crippen LogP contribution in [0.5, 0.6) is 5.75 Å². The Morgan fingerprint density at radius 3 is 2.76 bits per heavy atom. The third kappa shape index (κ3) is 4.08. The van der Waals surface area contributed by atoms with Crippen LogP contribution in [0.4, 0.5) is 0 Å². The zero-order valence-electron chi connectivity index (χ0n) is 12.8. The number of halogens is 2. The number of para-hydroxylation sites is 2. The molecule has 1 heterocycles. The van der Waals surface area contributed by atoms with E-state index in [1.807, 2.05) is 24.3 Å². The lowest BCUT2D eigenvalue weighted by atomic mass is 10.2. The summed E-state index contributed by atoms with van der Waals surface area (Å²) in [5, 5.41) is 9.82. The average Bonchev–Trinajstić information content (AvgIpc) is 2.96. The first-order valence-electron chi connectivity index (χ1n) is 6.99. The Bertz CT molecular complexity index is 951. The predicted octanol–water partition coefficient (Wildman–Crippen LogP) is 5.58. The molecule has 0 aliphatic heterocycles. The molecule has 0 saturated heterocycles. The largest absolute Gasteiger partial charge is 0.495 e. The van der Waals surface area contributed by atoms with E-state index in [0.717, 1.165) is 16.2 Å². The van der Waals surface area contributed by atoms with Crippen LogP contribution in [-0.4, -0.2) is 23.2 Å². The fourth-order valence-corrected chi connectivity index (χ4v) is 4.32. The molecule has 128 valence electrons. The third-order valence-corrected chi connectivity index (χ3v) is 5.12. The Balaban J connectivity index is 2.01. The van der Waals surface area contributed by atoms with Crippen LogP contribution in [0.25, 0.3) is 17.2 Å². The van der Waals surface area contributed by atoms with E-state index < -0.39 is 5.97 Å². The summed E-state index contributed by atoms with van der Waals surface area (Å²) < 4.78 is 12.5. The molecular formula is C17H11Br2NO4S. The van der Waals surface area contributed by atoms with Crippen molar-refractivity contribution in [3.05, 3.63) is 55.8 Å². The fraction of sp³-hybridized carbons (Fsp3) is 0.0588. The van der Waals surface area contributed by atoms with Crippen molar-refractivity contribution >= 4 is 66.8 Å². The Hall–Kier alpha value is -1.77. The molecule has 0 unspecified atom stereocenters. The Morgan fingerprint density at radius 2 is 2.08 bits per heavy atom. The van der Waals surface area contributed by atoms with Crippen molar-refractivity contribution in [2.45, 2.75) is 5.22 Å². The van der Waals surface area contributed by atoms with Gasteiger partial charge in [0.15, 0.2) is 5.58 Å². The first-order chi connectivity index (χ1) is 12.0. The van der Waals surface area contributed by atoms with Crippen molar-refractivity contribution in [2.75, 3.05) is 7.11 Å². The second kappa shape index (κ2) is 7.63. The molecule has 25 heavy (non-hydrogen) atoms. The number of carboxylic acids is 1. The summed E-state index contributed by atoms with van der Waals surface area (Å²) in [5.41, 5.74) is 1.90. The monoisotopic (exact) mass is 483 g/mol. The molecule has 0 saturated carbocycles. The number of hydrogen-bond donors (Lipinski definition) is 1. The summed E-state index contributed by atoms with van der Waals surface area (Å²) in [7, 11) is 1.53. The number of oxazole rings is 1. The van der Waals surface area contributed by atoms with Crippen LogP contribution < -0.4 is 4.74 Å². The molecule has 3 aromatic rings. The molecule has 5 nitrogen and oxygen atoms in total. The normalized spacial score (nSPS) is 11.7. The molecule has 3 rings (SSSR count). The van der Waals surface area contributed by atoms with Crippen LogP contribution in [0.15, 0.2) is 59.9 Å². The maximum Gasteiger partial charge on any atom is 0.342 e. The highest BCUT2D eigenvalue weighted by atomic mass is 79.9. The van der Waals surface area contributed by atoms with Gasteiger partial charge in [-0.25, -0.2) is 9.78 Å². The van der Waals surface area contributed by atoms with Crippen LogP contribution >= 0.6 is 43.6 Å². The number of aromatic nitrogens is 1. The summed E-state index contributed by atoms with van der Waals surface area (Å²) in [6.45, 7) is 0. The van der Waals surface area contributed by atoms with Crippen LogP contribution in [0.1, 0.15) is 5.56 Å². The molecule has 0 aliphatic rings. The van der Waals surface area contributed by atoms with Gasteiger partial charge < -0.3 is 14.3 Å². The molecule has 2 aromatic carbocycles. The van der Waals surface area contributed by atoms with Crippen molar-refractivity contribution in [3.63, 3.8) is 0 Å². The molecule has 0 radical (unpaired) electrons. The molecule has 0 aliphatic carbocycles. The van der Waals surface area contributed by atoms with Gasteiger partial charge in [-0.1, -0.05) is 28.1 Å². The van der Waals surface area contributed by atoms with E-state index in [1.165, 1.54) is 13.2 Å². The van der Waals surface area contributed by atoms with Gasteiger partial charge in [0.05, 0.1) is 11.6 Å². The van der Waals surface area contributed by atoms with Crippen LogP contribution in [0, 0.1) is 0 Å². The Kier molecular flexibility index (Phi) is 5.51. The van der Waals surface area contributed by atoms with E-state index in [2.05, 4.69) is 36.8 Å². The Labute approximate surface area is 164 Å². The molecule has 1 aromatic heterocycles. The summed E-state index contributed by atoms with van der Waals surface area (Å²) >= 11 is 7.75. The minimum absolute atomic E-state index is 0.0647. The standard InChI is InChI=1S/C17H11Br2NO4S/c1-23-15-9(6-10(18)8-11(15)19)7-14(16(21)22)25-17-20-12-4-2-3-5-13(12)24-17/h2-8H,1H3,(H,21,22)/b14-7-. The first-order valence-corrected chi connectivity index (χ1v) is 9.39. The highest BCUT2D eigenvalue weighted by Crippen LogP contribution is 2.37. The minimum Gasteiger partial charge on any atom is -0.495 e. The fourth-order valence-electron chi connectivity index (χ4n) is 2.17. The quantitative estimate of drug-likeness (QED) is 0.376. The predicted molar refractivity (Wildman–Crippen MR) is 104 cm³/mol. The molecule has 1 N–H and O–H groups in total. The van der Waals surface area contributed by atoms with Gasteiger partial charge in [0.1, 0.15) is 16.2 Å². The third-order valence-electron chi connectivity index (χ3n) is 3.21. The van der Waals surface area contributed by atoms with Gasteiger partial charge in [-0.15, -0.1) is 0 Å². The lowest BCUT2D eigenvalue weighted by Crippen LogP contribution is -1.98. The van der Waals surface area contributed by atoms with Gasteiger partial charge in [0, 0.05) is 10.0 Å². The number of ether oxygens (including phenoxy) is 1. The Morgan fingerprint density at radius 1 is 1.32 bits per heavy atom. The van der Waals surface area contributed by atoms with E-state index in [0.29, 0.717) is 26.9 Å². The summed E-state index contributed by atoms with van der Waals surface area (Å²) in [6, 6.07) is 10.9. The van der Waals surface area contributed by atoms with E-state index in [4.69, 9.17) is 9.15 Å². The van der Waals surface area contributed by atoms with Crippen LogP contribution in [-0.2, 0) is 4.79 Å². The van der Waals surface area contributed by atoms with Gasteiger partial charge in [-0.05, 0) is 58.0 Å². The zero-order chi connectivity index (χ0) is 18.0. The maximum atomic E-state index is 11.7. The lowest BCUT2D eigenvalue weighted by Gasteiger charge is -2.09. The number of nitrogens with zero attached hydrogens (tertiary/aromatic N) is 1. The highest BCUT2D eigenvalue weighted by Gasteiger charge is 2.17. The number of rotatable bonds is 5. The zero-order valence-corrected chi connectivity index (χ0v) is 16.8. The molecule has 8 heteroatoms. The van der Waals surface area contributed by atoms with Crippen molar-refractivity contribution < 1.29 is 19.1 Å². The van der Waals surface area contributed by atoms with E-state index in [1.54, 1.807) is 12.1 Å². The number of carbonyl (C=O) groups is 1. The number of aliphatic carboxylic acids is 1. The highest BCUT2D eigenvalue weighted by molar-refractivity contribution is 9.11. The molecule has 0 amide bonds.